The van der Waals surface area contributed by atoms with Crippen LogP contribution >= 0.6 is 0 Å². The van der Waals surface area contributed by atoms with E-state index in [-0.39, 0.29) is 0 Å². The van der Waals surface area contributed by atoms with Crippen molar-refractivity contribution in [1.82, 2.24) is 0 Å². The molecular formula is C16H34. The van der Waals surface area contributed by atoms with Gasteiger partial charge < -0.3 is 0 Å². The molecule has 0 N–H and O–H groups in total. The van der Waals surface area contributed by atoms with Gasteiger partial charge in [-0.25, -0.2) is 0 Å². The predicted molar refractivity (Wildman–Crippen MR) is 75.7 cm³/mol. The fourth-order valence-electron chi connectivity index (χ4n) is 2.52. The molecule has 98 valence electrons. The molecule has 0 bridgehead atoms. The Kier molecular flexibility index (Phi) is 9.07. The zero-order valence-electron chi connectivity index (χ0n) is 12.6. The second kappa shape index (κ2) is 9.07. The topological polar surface area (TPSA) is 0 Å². The largest absolute Gasteiger partial charge is 0.0654 e. The van der Waals surface area contributed by atoms with Crippen LogP contribution < -0.4 is 0 Å². The lowest BCUT2D eigenvalue weighted by Crippen LogP contribution is -2.14. The molecule has 0 spiro atoms. The number of rotatable bonds is 9. The first-order chi connectivity index (χ1) is 7.49. The molecule has 0 amide bonds. The molecule has 0 aliphatic rings. The molecule has 0 rings (SSSR count). The second-order valence-corrected chi connectivity index (χ2v) is 6.26. The highest BCUT2D eigenvalue weighted by Gasteiger charge is 2.15. The van der Waals surface area contributed by atoms with Gasteiger partial charge in [0, 0.05) is 0 Å². The van der Waals surface area contributed by atoms with Crippen LogP contribution in [0.5, 0.6) is 0 Å². The summed E-state index contributed by atoms with van der Waals surface area (Å²) in [4.78, 5) is 0. The van der Waals surface area contributed by atoms with Gasteiger partial charge in [0.25, 0.3) is 0 Å². The highest BCUT2D eigenvalue weighted by atomic mass is 14.2. The van der Waals surface area contributed by atoms with E-state index in [1.54, 1.807) is 0 Å². The number of unbranched alkanes of at least 4 members (excludes halogenated alkanes) is 1. The molecule has 0 aliphatic heterocycles. The van der Waals surface area contributed by atoms with Crippen molar-refractivity contribution < 1.29 is 0 Å². The Hall–Kier alpha value is 0. The van der Waals surface area contributed by atoms with Gasteiger partial charge in [-0.3, -0.25) is 0 Å². The standard InChI is InChI=1S/C16H34/c1-7-10-14(4)11-8-9-12-15(5)16(6)13(2)3/h13-16H,7-12H2,1-6H3. The first-order valence-corrected chi connectivity index (χ1v) is 7.49. The fraction of sp³-hybridized carbons (Fsp3) is 1.00. The van der Waals surface area contributed by atoms with Crippen LogP contribution in [0.1, 0.15) is 80.1 Å². The summed E-state index contributed by atoms with van der Waals surface area (Å²) in [7, 11) is 0. The lowest BCUT2D eigenvalue weighted by Gasteiger charge is -2.23. The second-order valence-electron chi connectivity index (χ2n) is 6.26. The van der Waals surface area contributed by atoms with Crippen LogP contribution in [0.25, 0.3) is 0 Å². The van der Waals surface area contributed by atoms with Crippen molar-refractivity contribution in [2.24, 2.45) is 23.7 Å². The van der Waals surface area contributed by atoms with E-state index in [0.29, 0.717) is 0 Å². The van der Waals surface area contributed by atoms with Gasteiger partial charge in [-0.15, -0.1) is 0 Å². The minimum absolute atomic E-state index is 0.842. The zero-order valence-corrected chi connectivity index (χ0v) is 12.6. The first-order valence-electron chi connectivity index (χ1n) is 7.49. The van der Waals surface area contributed by atoms with Crippen molar-refractivity contribution in [1.29, 1.82) is 0 Å². The summed E-state index contributed by atoms with van der Waals surface area (Å²) in [5, 5.41) is 0. The monoisotopic (exact) mass is 226 g/mol. The third-order valence-corrected chi connectivity index (χ3v) is 4.34. The SMILES string of the molecule is CCCC(C)CCCCC(C)C(C)C(C)C. The van der Waals surface area contributed by atoms with Crippen LogP contribution in [0.2, 0.25) is 0 Å². The third kappa shape index (κ3) is 7.30. The molecule has 0 nitrogen and oxygen atoms in total. The molecule has 3 unspecified atom stereocenters. The minimum Gasteiger partial charge on any atom is -0.0654 e. The van der Waals surface area contributed by atoms with Crippen LogP contribution in [0.3, 0.4) is 0 Å². The Morgan fingerprint density at radius 3 is 1.81 bits per heavy atom. The number of hydrogen-bond acceptors (Lipinski definition) is 0. The van der Waals surface area contributed by atoms with Gasteiger partial charge >= 0.3 is 0 Å². The van der Waals surface area contributed by atoms with E-state index in [2.05, 4.69) is 41.5 Å². The van der Waals surface area contributed by atoms with Gasteiger partial charge in [-0.2, -0.15) is 0 Å². The molecule has 0 saturated heterocycles. The summed E-state index contributed by atoms with van der Waals surface area (Å²) in [6.07, 6.45) is 8.51. The average Bonchev–Trinajstić information content (AvgIpc) is 2.23. The van der Waals surface area contributed by atoms with Gasteiger partial charge in [0.15, 0.2) is 0 Å². The summed E-state index contributed by atoms with van der Waals surface area (Å²) < 4.78 is 0. The van der Waals surface area contributed by atoms with E-state index in [1.807, 2.05) is 0 Å². The van der Waals surface area contributed by atoms with E-state index >= 15 is 0 Å². The summed E-state index contributed by atoms with van der Waals surface area (Å²) in [6.45, 7) is 14.2. The van der Waals surface area contributed by atoms with E-state index in [1.165, 1.54) is 38.5 Å². The zero-order chi connectivity index (χ0) is 12.6. The summed E-state index contributed by atoms with van der Waals surface area (Å²) >= 11 is 0. The van der Waals surface area contributed by atoms with E-state index in [9.17, 15) is 0 Å². The van der Waals surface area contributed by atoms with Crippen LogP contribution in [-0.2, 0) is 0 Å². The van der Waals surface area contributed by atoms with Crippen molar-refractivity contribution >= 4 is 0 Å². The molecule has 0 aromatic rings. The van der Waals surface area contributed by atoms with Crippen molar-refractivity contribution in [2.75, 3.05) is 0 Å². The van der Waals surface area contributed by atoms with Gasteiger partial charge in [0.05, 0.1) is 0 Å². The Morgan fingerprint density at radius 1 is 0.750 bits per heavy atom. The van der Waals surface area contributed by atoms with Gasteiger partial charge in [0.1, 0.15) is 0 Å². The van der Waals surface area contributed by atoms with Crippen LogP contribution in [0.15, 0.2) is 0 Å². The molecule has 0 heterocycles. The van der Waals surface area contributed by atoms with Crippen LogP contribution in [0.4, 0.5) is 0 Å². The molecule has 16 heavy (non-hydrogen) atoms. The Bertz CT molecular complexity index is 148. The molecule has 0 heteroatoms. The normalized spacial score (nSPS) is 17.4. The van der Waals surface area contributed by atoms with Crippen molar-refractivity contribution in [3.63, 3.8) is 0 Å². The van der Waals surface area contributed by atoms with Gasteiger partial charge in [-0.1, -0.05) is 80.1 Å². The quantitative estimate of drug-likeness (QED) is 0.429. The maximum atomic E-state index is 2.43. The molecule has 0 aromatic carbocycles. The Labute approximate surface area is 104 Å². The van der Waals surface area contributed by atoms with Crippen molar-refractivity contribution in [2.45, 2.75) is 80.1 Å². The molecule has 0 fully saturated rings. The Balaban J connectivity index is 3.51. The van der Waals surface area contributed by atoms with E-state index in [4.69, 9.17) is 0 Å². The average molecular weight is 226 g/mol. The molecular weight excluding hydrogens is 192 g/mol. The lowest BCUT2D eigenvalue weighted by molar-refractivity contribution is 0.273. The molecule has 0 aliphatic carbocycles. The van der Waals surface area contributed by atoms with Crippen LogP contribution in [-0.4, -0.2) is 0 Å². The molecule has 3 atom stereocenters. The molecule has 0 aromatic heterocycles. The summed E-state index contributed by atoms with van der Waals surface area (Å²) in [6, 6.07) is 0. The van der Waals surface area contributed by atoms with Gasteiger partial charge in [-0.05, 0) is 23.7 Å². The van der Waals surface area contributed by atoms with E-state index in [0.717, 1.165) is 23.7 Å². The van der Waals surface area contributed by atoms with Gasteiger partial charge in [0.2, 0.25) is 0 Å². The highest BCUT2D eigenvalue weighted by Crippen LogP contribution is 2.25. The first kappa shape index (κ1) is 16.0. The predicted octanol–water partition coefficient (Wildman–Crippen LogP) is 5.91. The fourth-order valence-corrected chi connectivity index (χ4v) is 2.52. The lowest BCUT2D eigenvalue weighted by atomic mass is 9.83. The highest BCUT2D eigenvalue weighted by molar-refractivity contribution is 4.65. The minimum atomic E-state index is 0.842. The van der Waals surface area contributed by atoms with E-state index < -0.39 is 0 Å². The molecule has 0 saturated carbocycles. The third-order valence-electron chi connectivity index (χ3n) is 4.34. The van der Waals surface area contributed by atoms with Crippen molar-refractivity contribution in [3.05, 3.63) is 0 Å². The maximum absolute atomic E-state index is 2.43. The number of hydrogen-bond donors (Lipinski definition) is 0. The van der Waals surface area contributed by atoms with Crippen molar-refractivity contribution in [3.8, 4) is 0 Å². The summed E-state index contributed by atoms with van der Waals surface area (Å²) in [5.41, 5.74) is 0. The van der Waals surface area contributed by atoms with Crippen LogP contribution in [0, 0.1) is 23.7 Å². The maximum Gasteiger partial charge on any atom is -0.0394 e. The Morgan fingerprint density at radius 2 is 1.31 bits per heavy atom. The smallest absolute Gasteiger partial charge is 0.0394 e. The summed E-state index contributed by atoms with van der Waals surface area (Å²) in [5.74, 6) is 3.58. The molecule has 0 radical (unpaired) electrons.